The summed E-state index contributed by atoms with van der Waals surface area (Å²) in [6.07, 6.45) is 1.44. The van der Waals surface area contributed by atoms with Gasteiger partial charge in [0, 0.05) is 6.20 Å². The molecule has 11 heteroatoms. The van der Waals surface area contributed by atoms with Gasteiger partial charge in [0.1, 0.15) is 27.7 Å². The first-order chi connectivity index (χ1) is 16.1. The number of benzene rings is 2. The highest BCUT2D eigenvalue weighted by molar-refractivity contribution is 7.89. The lowest BCUT2D eigenvalue weighted by Gasteiger charge is -2.16. The van der Waals surface area contributed by atoms with Gasteiger partial charge in [0.15, 0.2) is 0 Å². The number of pyridine rings is 2. The second-order valence-electron chi connectivity index (χ2n) is 7.54. The van der Waals surface area contributed by atoms with E-state index < -0.39 is 49.2 Å². The predicted octanol–water partition coefficient (Wildman–Crippen LogP) is 2.50. The van der Waals surface area contributed by atoms with E-state index in [0.717, 1.165) is 11.6 Å². The van der Waals surface area contributed by atoms with Crippen molar-refractivity contribution in [3.63, 3.8) is 0 Å². The number of primary sulfonamides is 1. The van der Waals surface area contributed by atoms with Crippen molar-refractivity contribution in [2.45, 2.75) is 18.4 Å². The molecule has 4 N–H and O–H groups in total. The van der Waals surface area contributed by atoms with E-state index in [4.69, 9.17) is 5.14 Å². The molecule has 174 valence electrons. The lowest BCUT2D eigenvalue weighted by atomic mass is 10.1. The van der Waals surface area contributed by atoms with Crippen LogP contribution in [0.5, 0.6) is 5.75 Å². The molecular formula is C23H19FN4O5S. The number of nitrogens with two attached hydrogens (primary N) is 1. The standard InChI is InChI=1S/C23H19FN4O5S/c1-13-9-10-16(24)20(34(25,32)33)18(13)27-22(30)17-19(29)15-8-5-11-26-21(15)28(23(17)31)12-14-6-3-2-4-7-14/h2-11,29H,12H2,1H3,(H,27,30)(H2,25,32,33). The van der Waals surface area contributed by atoms with Crippen LogP contribution in [0.25, 0.3) is 11.0 Å². The minimum absolute atomic E-state index is 0.0508. The molecule has 2 aromatic heterocycles. The van der Waals surface area contributed by atoms with Gasteiger partial charge >= 0.3 is 0 Å². The van der Waals surface area contributed by atoms with E-state index in [1.807, 2.05) is 6.07 Å². The minimum atomic E-state index is -4.56. The lowest BCUT2D eigenvalue weighted by Crippen LogP contribution is -2.31. The molecule has 0 saturated carbocycles. The number of aryl methyl sites for hydroxylation is 1. The molecule has 0 unspecified atom stereocenters. The minimum Gasteiger partial charge on any atom is -0.506 e. The summed E-state index contributed by atoms with van der Waals surface area (Å²) >= 11 is 0. The summed E-state index contributed by atoms with van der Waals surface area (Å²) in [5.41, 5.74) is -0.863. The fraction of sp³-hybridized carbons (Fsp3) is 0.0870. The second-order valence-corrected chi connectivity index (χ2v) is 9.04. The Balaban J connectivity index is 1.91. The van der Waals surface area contributed by atoms with Crippen molar-refractivity contribution >= 4 is 32.7 Å². The number of aromatic nitrogens is 2. The molecule has 0 spiro atoms. The summed E-state index contributed by atoms with van der Waals surface area (Å²) in [4.78, 5) is 29.8. The Kier molecular flexibility index (Phi) is 5.90. The number of sulfonamides is 1. The van der Waals surface area contributed by atoms with Gasteiger partial charge in [-0.3, -0.25) is 14.2 Å². The number of carbonyl (C=O) groups is 1. The first kappa shape index (κ1) is 23.1. The SMILES string of the molecule is Cc1ccc(F)c(S(N)(=O)=O)c1NC(=O)c1c(O)c2cccnc2n(Cc2ccccc2)c1=O. The average Bonchev–Trinajstić information content (AvgIpc) is 2.79. The number of nitrogens with one attached hydrogen (secondary N) is 1. The Hall–Kier alpha value is -4.09. The van der Waals surface area contributed by atoms with Crippen LogP contribution < -0.4 is 16.0 Å². The highest BCUT2D eigenvalue weighted by atomic mass is 32.2. The zero-order valence-corrected chi connectivity index (χ0v) is 18.6. The first-order valence-corrected chi connectivity index (χ1v) is 11.5. The Labute approximate surface area is 193 Å². The fourth-order valence-electron chi connectivity index (χ4n) is 3.65. The van der Waals surface area contributed by atoms with Crippen LogP contribution in [0.4, 0.5) is 10.1 Å². The topological polar surface area (TPSA) is 144 Å². The summed E-state index contributed by atoms with van der Waals surface area (Å²) < 4.78 is 39.5. The van der Waals surface area contributed by atoms with Gasteiger partial charge in [-0.1, -0.05) is 36.4 Å². The zero-order valence-electron chi connectivity index (χ0n) is 17.8. The highest BCUT2D eigenvalue weighted by Gasteiger charge is 2.27. The van der Waals surface area contributed by atoms with Gasteiger partial charge in [0.05, 0.1) is 17.6 Å². The van der Waals surface area contributed by atoms with Crippen molar-refractivity contribution in [1.29, 1.82) is 0 Å². The number of fused-ring (bicyclic) bond motifs is 1. The second kappa shape index (κ2) is 8.69. The first-order valence-electron chi connectivity index (χ1n) is 9.97. The van der Waals surface area contributed by atoms with Gasteiger partial charge < -0.3 is 10.4 Å². The molecule has 9 nitrogen and oxygen atoms in total. The highest BCUT2D eigenvalue weighted by Crippen LogP contribution is 2.30. The maximum atomic E-state index is 14.3. The largest absolute Gasteiger partial charge is 0.506 e. The van der Waals surface area contributed by atoms with Crippen LogP contribution in [-0.4, -0.2) is 29.0 Å². The normalized spacial score (nSPS) is 11.5. The van der Waals surface area contributed by atoms with Gasteiger partial charge in [-0.2, -0.15) is 0 Å². The van der Waals surface area contributed by atoms with Crippen molar-refractivity contribution in [3.8, 4) is 5.75 Å². The molecule has 0 saturated heterocycles. The van der Waals surface area contributed by atoms with Crippen LogP contribution in [0.2, 0.25) is 0 Å². The monoisotopic (exact) mass is 482 g/mol. The van der Waals surface area contributed by atoms with Gasteiger partial charge in [-0.05, 0) is 36.2 Å². The molecule has 2 heterocycles. The number of rotatable bonds is 5. The summed E-state index contributed by atoms with van der Waals surface area (Å²) in [5, 5.41) is 18.3. The molecule has 0 aliphatic heterocycles. The van der Waals surface area contributed by atoms with Crippen LogP contribution in [0.15, 0.2) is 70.5 Å². The van der Waals surface area contributed by atoms with Gasteiger partial charge in [0.25, 0.3) is 11.5 Å². The number of halogens is 1. The van der Waals surface area contributed by atoms with E-state index in [9.17, 15) is 27.5 Å². The number of aromatic hydroxyl groups is 1. The summed E-state index contributed by atoms with van der Waals surface area (Å²) in [7, 11) is -4.56. The zero-order chi connectivity index (χ0) is 24.6. The number of hydrogen-bond acceptors (Lipinski definition) is 6. The van der Waals surface area contributed by atoms with Crippen molar-refractivity contribution in [3.05, 3.63) is 93.7 Å². The van der Waals surface area contributed by atoms with Crippen LogP contribution in [-0.2, 0) is 16.6 Å². The van der Waals surface area contributed by atoms with E-state index in [1.165, 1.54) is 35.9 Å². The molecule has 1 amide bonds. The van der Waals surface area contributed by atoms with Crippen molar-refractivity contribution in [2.75, 3.05) is 5.32 Å². The molecular weight excluding hydrogens is 463 g/mol. The van der Waals surface area contributed by atoms with Gasteiger partial charge in [-0.25, -0.2) is 22.9 Å². The molecule has 0 atom stereocenters. The number of hydrogen-bond donors (Lipinski definition) is 3. The number of anilines is 1. The van der Waals surface area contributed by atoms with E-state index in [2.05, 4.69) is 10.3 Å². The Morgan fingerprint density at radius 3 is 2.53 bits per heavy atom. The fourth-order valence-corrected chi connectivity index (χ4v) is 4.48. The molecule has 0 bridgehead atoms. The quantitative estimate of drug-likeness (QED) is 0.399. The third-order valence-electron chi connectivity index (χ3n) is 5.24. The van der Waals surface area contributed by atoms with Gasteiger partial charge in [0.2, 0.25) is 10.0 Å². The van der Waals surface area contributed by atoms with E-state index in [-0.39, 0.29) is 23.1 Å². The van der Waals surface area contributed by atoms with Crippen LogP contribution >= 0.6 is 0 Å². The van der Waals surface area contributed by atoms with Crippen LogP contribution in [0.1, 0.15) is 21.5 Å². The van der Waals surface area contributed by atoms with Crippen molar-refractivity contribution in [1.82, 2.24) is 9.55 Å². The lowest BCUT2D eigenvalue weighted by molar-refractivity contribution is 0.102. The molecule has 4 rings (SSSR count). The number of carbonyl (C=O) groups excluding carboxylic acids is 1. The van der Waals surface area contributed by atoms with Crippen molar-refractivity contribution < 1.29 is 22.7 Å². The summed E-state index contributed by atoms with van der Waals surface area (Å²) in [6.45, 7) is 1.48. The summed E-state index contributed by atoms with van der Waals surface area (Å²) in [5.74, 6) is -2.94. The van der Waals surface area contributed by atoms with Crippen molar-refractivity contribution in [2.24, 2.45) is 5.14 Å². The predicted molar refractivity (Wildman–Crippen MR) is 124 cm³/mol. The molecule has 0 fully saturated rings. The third kappa shape index (κ3) is 4.14. The maximum absolute atomic E-state index is 14.3. The molecule has 2 aromatic carbocycles. The van der Waals surface area contributed by atoms with E-state index >= 15 is 0 Å². The molecule has 0 aliphatic rings. The average molecular weight is 482 g/mol. The summed E-state index contributed by atoms with van der Waals surface area (Å²) in [6, 6.07) is 14.1. The Bertz CT molecular complexity index is 1600. The number of nitrogens with zero attached hydrogens (tertiary/aromatic N) is 2. The molecule has 0 aliphatic carbocycles. The van der Waals surface area contributed by atoms with E-state index in [1.54, 1.807) is 24.3 Å². The number of amides is 1. The Morgan fingerprint density at radius 2 is 1.85 bits per heavy atom. The Morgan fingerprint density at radius 1 is 1.15 bits per heavy atom. The maximum Gasteiger partial charge on any atom is 0.269 e. The van der Waals surface area contributed by atoms with E-state index in [0.29, 0.717) is 0 Å². The molecule has 34 heavy (non-hydrogen) atoms. The van der Waals surface area contributed by atoms with Crippen LogP contribution in [0, 0.1) is 12.7 Å². The van der Waals surface area contributed by atoms with Gasteiger partial charge in [-0.15, -0.1) is 0 Å². The van der Waals surface area contributed by atoms with Crippen LogP contribution in [0.3, 0.4) is 0 Å². The smallest absolute Gasteiger partial charge is 0.269 e. The third-order valence-corrected chi connectivity index (χ3v) is 6.21. The molecule has 4 aromatic rings. The molecule has 0 radical (unpaired) electrons.